The molecule has 1 unspecified atom stereocenters. The lowest BCUT2D eigenvalue weighted by atomic mass is 9.96. The van der Waals surface area contributed by atoms with Crippen molar-refractivity contribution >= 4 is 5.69 Å². The first-order chi connectivity index (χ1) is 8.59. The average Bonchev–Trinajstić information content (AvgIpc) is 2.39. The van der Waals surface area contributed by atoms with Crippen molar-refractivity contribution in [3.05, 3.63) is 69.5 Å². The normalized spacial score (nSPS) is 12.1. The van der Waals surface area contributed by atoms with Gasteiger partial charge < -0.3 is 5.73 Å². The molecule has 0 fully saturated rings. The van der Waals surface area contributed by atoms with Crippen LogP contribution in [0.15, 0.2) is 42.7 Å². The van der Waals surface area contributed by atoms with Crippen molar-refractivity contribution in [1.29, 1.82) is 0 Å². The van der Waals surface area contributed by atoms with Gasteiger partial charge in [0, 0.05) is 24.5 Å². The molecule has 0 saturated carbocycles. The van der Waals surface area contributed by atoms with Gasteiger partial charge in [0.2, 0.25) is 0 Å². The molecule has 0 spiro atoms. The van der Waals surface area contributed by atoms with Crippen LogP contribution in [0, 0.1) is 17.0 Å². The smallest absolute Gasteiger partial charge is 0.269 e. The Bertz CT molecular complexity index is 570. The molecular weight excluding hydrogens is 230 g/mol. The number of hydrogen-bond acceptors (Lipinski definition) is 4. The Kier molecular flexibility index (Phi) is 3.34. The van der Waals surface area contributed by atoms with Crippen LogP contribution >= 0.6 is 0 Å². The van der Waals surface area contributed by atoms with Gasteiger partial charge in [-0.1, -0.05) is 12.1 Å². The average molecular weight is 243 g/mol. The van der Waals surface area contributed by atoms with E-state index in [1.807, 2.05) is 13.0 Å². The van der Waals surface area contributed by atoms with Gasteiger partial charge in [0.05, 0.1) is 11.0 Å². The molecule has 5 heteroatoms. The summed E-state index contributed by atoms with van der Waals surface area (Å²) in [6, 6.07) is 7.96. The molecular formula is C13H13N3O2. The van der Waals surface area contributed by atoms with Crippen LogP contribution in [0.4, 0.5) is 5.69 Å². The van der Waals surface area contributed by atoms with Gasteiger partial charge >= 0.3 is 0 Å². The number of pyridine rings is 1. The minimum absolute atomic E-state index is 0.0509. The molecule has 1 atom stereocenters. The van der Waals surface area contributed by atoms with E-state index in [4.69, 9.17) is 5.73 Å². The summed E-state index contributed by atoms with van der Waals surface area (Å²) >= 11 is 0. The van der Waals surface area contributed by atoms with Crippen LogP contribution in [0.1, 0.15) is 22.7 Å². The molecule has 2 aromatic rings. The number of hydrogen-bond donors (Lipinski definition) is 1. The lowest BCUT2D eigenvalue weighted by Gasteiger charge is -2.14. The summed E-state index contributed by atoms with van der Waals surface area (Å²) in [5.74, 6) is 0. The first-order valence-corrected chi connectivity index (χ1v) is 5.50. The number of aromatic nitrogens is 1. The Morgan fingerprint density at radius 3 is 2.78 bits per heavy atom. The van der Waals surface area contributed by atoms with Crippen LogP contribution in [0.5, 0.6) is 0 Å². The van der Waals surface area contributed by atoms with Crippen molar-refractivity contribution < 1.29 is 4.92 Å². The summed E-state index contributed by atoms with van der Waals surface area (Å²) in [5, 5.41) is 10.8. The zero-order valence-corrected chi connectivity index (χ0v) is 9.91. The first-order valence-electron chi connectivity index (χ1n) is 5.50. The van der Waals surface area contributed by atoms with Crippen molar-refractivity contribution in [2.24, 2.45) is 5.73 Å². The number of aryl methyl sites for hydroxylation is 1. The van der Waals surface area contributed by atoms with Crippen molar-refractivity contribution in [3.63, 3.8) is 0 Å². The largest absolute Gasteiger partial charge is 0.320 e. The minimum atomic E-state index is -0.418. The van der Waals surface area contributed by atoms with E-state index in [0.717, 1.165) is 16.7 Å². The molecule has 0 aliphatic heterocycles. The Balaban J connectivity index is 2.44. The molecule has 0 aliphatic carbocycles. The highest BCUT2D eigenvalue weighted by Gasteiger charge is 2.15. The van der Waals surface area contributed by atoms with Crippen molar-refractivity contribution in [1.82, 2.24) is 4.98 Å². The molecule has 92 valence electrons. The fraction of sp³-hybridized carbons (Fsp3) is 0.154. The summed E-state index contributed by atoms with van der Waals surface area (Å²) in [6.45, 7) is 1.88. The molecule has 0 bridgehead atoms. The summed E-state index contributed by atoms with van der Waals surface area (Å²) < 4.78 is 0. The molecule has 1 heterocycles. The standard InChI is InChI=1S/C13H13N3O2/c1-9-4-5-11(16(17)18)7-12(9)13(14)10-3-2-6-15-8-10/h2-8,13H,14H2,1H3. The number of nitrogens with two attached hydrogens (primary N) is 1. The van der Waals surface area contributed by atoms with E-state index in [9.17, 15) is 10.1 Å². The summed E-state index contributed by atoms with van der Waals surface area (Å²) in [4.78, 5) is 14.4. The van der Waals surface area contributed by atoms with Crippen LogP contribution in [0.2, 0.25) is 0 Å². The molecule has 2 N–H and O–H groups in total. The van der Waals surface area contributed by atoms with Crippen LogP contribution in [0.3, 0.4) is 0 Å². The molecule has 0 radical (unpaired) electrons. The van der Waals surface area contributed by atoms with Gasteiger partial charge in [-0.2, -0.15) is 0 Å². The van der Waals surface area contributed by atoms with E-state index in [0.29, 0.717) is 0 Å². The van der Waals surface area contributed by atoms with Gasteiger partial charge in [0.15, 0.2) is 0 Å². The fourth-order valence-corrected chi connectivity index (χ4v) is 1.82. The topological polar surface area (TPSA) is 82.0 Å². The molecule has 0 aliphatic rings. The Labute approximate surface area is 104 Å². The highest BCUT2D eigenvalue weighted by molar-refractivity contribution is 5.43. The van der Waals surface area contributed by atoms with E-state index in [-0.39, 0.29) is 5.69 Å². The second-order valence-corrected chi connectivity index (χ2v) is 4.06. The number of rotatable bonds is 3. The molecule has 1 aromatic carbocycles. The van der Waals surface area contributed by atoms with E-state index in [2.05, 4.69) is 4.98 Å². The van der Waals surface area contributed by atoms with Crippen LogP contribution in [-0.4, -0.2) is 9.91 Å². The molecule has 0 amide bonds. The van der Waals surface area contributed by atoms with Crippen molar-refractivity contribution in [2.75, 3.05) is 0 Å². The zero-order valence-electron chi connectivity index (χ0n) is 9.91. The van der Waals surface area contributed by atoms with Gasteiger partial charge in [0.25, 0.3) is 5.69 Å². The maximum absolute atomic E-state index is 10.8. The first kappa shape index (κ1) is 12.2. The summed E-state index contributed by atoms with van der Waals surface area (Å²) in [6.07, 6.45) is 3.33. The lowest BCUT2D eigenvalue weighted by Crippen LogP contribution is -2.13. The quantitative estimate of drug-likeness (QED) is 0.662. The van der Waals surface area contributed by atoms with E-state index < -0.39 is 11.0 Å². The molecule has 5 nitrogen and oxygen atoms in total. The lowest BCUT2D eigenvalue weighted by molar-refractivity contribution is -0.384. The third kappa shape index (κ3) is 2.36. The number of nitro groups is 1. The van der Waals surface area contributed by atoms with Gasteiger partial charge in [-0.05, 0) is 29.7 Å². The second kappa shape index (κ2) is 4.93. The predicted octanol–water partition coefficient (Wildman–Crippen LogP) is 2.35. The molecule has 18 heavy (non-hydrogen) atoms. The van der Waals surface area contributed by atoms with Gasteiger partial charge in [0.1, 0.15) is 0 Å². The minimum Gasteiger partial charge on any atom is -0.320 e. The number of nitrogens with zero attached hydrogens (tertiary/aromatic N) is 2. The Hall–Kier alpha value is -2.27. The van der Waals surface area contributed by atoms with Gasteiger partial charge in [-0.3, -0.25) is 15.1 Å². The van der Waals surface area contributed by atoms with E-state index in [1.165, 1.54) is 12.1 Å². The fourth-order valence-electron chi connectivity index (χ4n) is 1.82. The number of nitro benzene ring substituents is 1. The van der Waals surface area contributed by atoms with E-state index >= 15 is 0 Å². The molecule has 2 rings (SSSR count). The number of benzene rings is 1. The molecule has 0 saturated heterocycles. The Morgan fingerprint density at radius 2 is 2.17 bits per heavy atom. The second-order valence-electron chi connectivity index (χ2n) is 4.06. The number of non-ortho nitro benzene ring substituents is 1. The van der Waals surface area contributed by atoms with Crippen molar-refractivity contribution in [3.8, 4) is 0 Å². The van der Waals surface area contributed by atoms with Gasteiger partial charge in [-0.25, -0.2) is 0 Å². The zero-order chi connectivity index (χ0) is 13.1. The Morgan fingerprint density at radius 1 is 1.39 bits per heavy atom. The highest BCUT2D eigenvalue weighted by atomic mass is 16.6. The molecule has 1 aromatic heterocycles. The van der Waals surface area contributed by atoms with E-state index in [1.54, 1.807) is 24.5 Å². The third-order valence-corrected chi connectivity index (χ3v) is 2.85. The predicted molar refractivity (Wildman–Crippen MR) is 68.1 cm³/mol. The van der Waals surface area contributed by atoms with Crippen LogP contribution in [-0.2, 0) is 0 Å². The van der Waals surface area contributed by atoms with Crippen LogP contribution in [0.25, 0.3) is 0 Å². The highest BCUT2D eigenvalue weighted by Crippen LogP contribution is 2.25. The van der Waals surface area contributed by atoms with Crippen LogP contribution < -0.4 is 5.73 Å². The van der Waals surface area contributed by atoms with Gasteiger partial charge in [-0.15, -0.1) is 0 Å². The monoisotopic (exact) mass is 243 g/mol. The SMILES string of the molecule is Cc1ccc([N+](=O)[O-])cc1C(N)c1cccnc1. The summed E-state index contributed by atoms with van der Waals surface area (Å²) in [7, 11) is 0. The maximum atomic E-state index is 10.8. The van der Waals surface area contributed by atoms with Crippen molar-refractivity contribution in [2.45, 2.75) is 13.0 Å². The maximum Gasteiger partial charge on any atom is 0.269 e. The third-order valence-electron chi connectivity index (χ3n) is 2.85. The summed E-state index contributed by atoms with van der Waals surface area (Å²) in [5.41, 5.74) is 8.68.